The van der Waals surface area contributed by atoms with Gasteiger partial charge in [0.15, 0.2) is 5.82 Å². The number of anilines is 1. The molecule has 0 atom stereocenters. The summed E-state index contributed by atoms with van der Waals surface area (Å²) in [5.41, 5.74) is 3.68. The van der Waals surface area contributed by atoms with Gasteiger partial charge in [0.25, 0.3) is 0 Å². The highest BCUT2D eigenvalue weighted by Gasteiger charge is 2.22. The van der Waals surface area contributed by atoms with Gasteiger partial charge in [-0.25, -0.2) is 14.4 Å². The summed E-state index contributed by atoms with van der Waals surface area (Å²) in [4.78, 5) is 21.2. The molecule has 6 heteroatoms. The van der Waals surface area contributed by atoms with E-state index in [1.807, 2.05) is 37.5 Å². The molecule has 1 N–H and O–H groups in total. The van der Waals surface area contributed by atoms with Crippen LogP contribution in [0.15, 0.2) is 30.7 Å². The predicted octanol–water partition coefficient (Wildman–Crippen LogP) is 5.65. The molecule has 5 nitrogen and oxygen atoms in total. The molecular weight excluding hydrogens is 367 g/mol. The zero-order valence-electron chi connectivity index (χ0n) is 17.2. The number of fused-ring (bicyclic) bond motifs is 1. The van der Waals surface area contributed by atoms with Gasteiger partial charge >= 0.3 is 0 Å². The third kappa shape index (κ3) is 3.88. The lowest BCUT2D eigenvalue weighted by Gasteiger charge is -2.20. The number of hydrogen-bond acceptors (Lipinski definition) is 3. The number of aryl methyl sites for hydroxylation is 1. The summed E-state index contributed by atoms with van der Waals surface area (Å²) in [7, 11) is 0. The number of rotatable bonds is 4. The van der Waals surface area contributed by atoms with Crippen molar-refractivity contribution >= 4 is 22.8 Å². The first kappa shape index (κ1) is 19.6. The number of nitrogens with one attached hydrogen (secondary N) is 1. The Kier molecular flexibility index (Phi) is 5.35. The third-order valence-electron chi connectivity index (χ3n) is 5.83. The maximum atomic E-state index is 14.7. The Morgan fingerprint density at radius 1 is 1.17 bits per heavy atom. The van der Waals surface area contributed by atoms with Crippen LogP contribution in [0.5, 0.6) is 0 Å². The van der Waals surface area contributed by atoms with E-state index in [0.29, 0.717) is 11.3 Å². The van der Waals surface area contributed by atoms with E-state index in [-0.39, 0.29) is 23.7 Å². The van der Waals surface area contributed by atoms with Crippen LogP contribution in [0.25, 0.3) is 22.2 Å². The summed E-state index contributed by atoms with van der Waals surface area (Å²) in [5, 5.41) is 2.96. The zero-order valence-corrected chi connectivity index (χ0v) is 17.2. The number of benzene rings is 1. The average molecular weight is 394 g/mol. The fourth-order valence-corrected chi connectivity index (χ4v) is 4.15. The summed E-state index contributed by atoms with van der Waals surface area (Å²) >= 11 is 0. The first-order valence-corrected chi connectivity index (χ1v) is 10.4. The molecule has 0 radical (unpaired) electrons. The van der Waals surface area contributed by atoms with Crippen LogP contribution in [0.2, 0.25) is 0 Å². The predicted molar refractivity (Wildman–Crippen MR) is 113 cm³/mol. The van der Waals surface area contributed by atoms with Gasteiger partial charge < -0.3 is 9.88 Å². The lowest BCUT2D eigenvalue weighted by molar-refractivity contribution is -0.120. The first-order valence-electron chi connectivity index (χ1n) is 10.4. The Morgan fingerprint density at radius 2 is 1.93 bits per heavy atom. The average Bonchev–Trinajstić information content (AvgIpc) is 3.15. The van der Waals surface area contributed by atoms with Crippen molar-refractivity contribution in [3.8, 4) is 11.1 Å². The lowest BCUT2D eigenvalue weighted by Crippen LogP contribution is -2.25. The van der Waals surface area contributed by atoms with Crippen LogP contribution in [0.4, 0.5) is 10.2 Å². The van der Waals surface area contributed by atoms with Crippen LogP contribution in [-0.2, 0) is 4.79 Å². The number of hydrogen-bond donors (Lipinski definition) is 1. The van der Waals surface area contributed by atoms with E-state index in [0.717, 1.165) is 47.9 Å². The SMILES string of the molecule is Cc1cnc(NC(=O)C2CCCCC2)cc1-c1cc(F)c2ncn(C(C)C)c2c1. The number of nitrogens with zero attached hydrogens (tertiary/aromatic N) is 3. The lowest BCUT2D eigenvalue weighted by atomic mass is 9.88. The quantitative estimate of drug-likeness (QED) is 0.622. The molecule has 3 aromatic rings. The van der Waals surface area contributed by atoms with Crippen LogP contribution in [0.1, 0.15) is 57.6 Å². The number of pyridine rings is 1. The number of amides is 1. The highest BCUT2D eigenvalue weighted by Crippen LogP contribution is 2.31. The van der Waals surface area contributed by atoms with Gasteiger partial charge in [-0.3, -0.25) is 4.79 Å². The second-order valence-corrected chi connectivity index (χ2v) is 8.28. The van der Waals surface area contributed by atoms with Crippen LogP contribution < -0.4 is 5.32 Å². The van der Waals surface area contributed by atoms with Gasteiger partial charge in [0, 0.05) is 18.2 Å². The fraction of sp³-hybridized carbons (Fsp3) is 0.435. The van der Waals surface area contributed by atoms with E-state index in [1.165, 1.54) is 12.5 Å². The van der Waals surface area contributed by atoms with Crippen molar-refractivity contribution in [1.29, 1.82) is 0 Å². The Labute approximate surface area is 170 Å². The van der Waals surface area contributed by atoms with Crippen LogP contribution in [-0.4, -0.2) is 20.4 Å². The molecule has 1 amide bonds. The standard InChI is InChI=1S/C23H27FN4O/c1-14(2)28-13-26-22-19(24)9-17(10-20(22)28)18-11-21(25-12-15(18)3)27-23(29)16-7-5-4-6-8-16/h9-14,16H,4-8H2,1-3H3,(H,25,27,29). The Hall–Kier alpha value is -2.76. The number of carbonyl (C=O) groups is 1. The van der Waals surface area contributed by atoms with Crippen molar-refractivity contribution in [3.05, 3.63) is 42.1 Å². The minimum absolute atomic E-state index is 0.0338. The van der Waals surface area contributed by atoms with Gasteiger partial charge in [0.1, 0.15) is 11.3 Å². The van der Waals surface area contributed by atoms with Gasteiger partial charge in [-0.15, -0.1) is 0 Å². The molecule has 1 aromatic carbocycles. The van der Waals surface area contributed by atoms with E-state index in [4.69, 9.17) is 0 Å². The molecule has 1 aliphatic rings. The van der Waals surface area contributed by atoms with Gasteiger partial charge in [-0.2, -0.15) is 0 Å². The summed E-state index contributed by atoms with van der Waals surface area (Å²) in [6.07, 6.45) is 8.70. The topological polar surface area (TPSA) is 59.8 Å². The van der Waals surface area contributed by atoms with Crippen LogP contribution in [0, 0.1) is 18.7 Å². The molecule has 4 rings (SSSR count). The molecule has 152 valence electrons. The third-order valence-corrected chi connectivity index (χ3v) is 5.83. The Morgan fingerprint density at radius 3 is 2.66 bits per heavy atom. The van der Waals surface area contributed by atoms with Gasteiger partial charge in [0.2, 0.25) is 5.91 Å². The number of aromatic nitrogens is 3. The zero-order chi connectivity index (χ0) is 20.5. The second-order valence-electron chi connectivity index (χ2n) is 8.28. The molecule has 0 spiro atoms. The molecule has 0 saturated heterocycles. The molecule has 1 aliphatic carbocycles. The molecular formula is C23H27FN4O. The molecule has 0 bridgehead atoms. The Balaban J connectivity index is 1.68. The van der Waals surface area contributed by atoms with Gasteiger partial charge in [-0.05, 0) is 68.5 Å². The second kappa shape index (κ2) is 7.93. The molecule has 0 unspecified atom stereocenters. The summed E-state index contributed by atoms with van der Waals surface area (Å²) in [6, 6.07) is 5.49. The highest BCUT2D eigenvalue weighted by atomic mass is 19.1. The van der Waals surface area contributed by atoms with E-state index >= 15 is 0 Å². The summed E-state index contributed by atoms with van der Waals surface area (Å²) < 4.78 is 16.7. The number of carbonyl (C=O) groups excluding carboxylic acids is 1. The van der Waals surface area contributed by atoms with Gasteiger partial charge in [0.05, 0.1) is 11.8 Å². The van der Waals surface area contributed by atoms with Gasteiger partial charge in [-0.1, -0.05) is 19.3 Å². The van der Waals surface area contributed by atoms with Crippen molar-refractivity contribution in [1.82, 2.24) is 14.5 Å². The molecule has 29 heavy (non-hydrogen) atoms. The molecule has 0 aliphatic heterocycles. The maximum absolute atomic E-state index is 14.7. The monoisotopic (exact) mass is 394 g/mol. The number of halogens is 1. The van der Waals surface area contributed by atoms with E-state index < -0.39 is 0 Å². The summed E-state index contributed by atoms with van der Waals surface area (Å²) in [5.74, 6) is 0.260. The van der Waals surface area contributed by atoms with Crippen LogP contribution in [0.3, 0.4) is 0 Å². The van der Waals surface area contributed by atoms with E-state index in [1.54, 1.807) is 12.5 Å². The van der Waals surface area contributed by atoms with Crippen molar-refractivity contribution in [2.75, 3.05) is 5.32 Å². The number of imidazole rings is 1. The normalized spacial score (nSPS) is 15.2. The van der Waals surface area contributed by atoms with Crippen molar-refractivity contribution in [3.63, 3.8) is 0 Å². The smallest absolute Gasteiger partial charge is 0.228 e. The maximum Gasteiger partial charge on any atom is 0.228 e. The van der Waals surface area contributed by atoms with E-state index in [2.05, 4.69) is 15.3 Å². The van der Waals surface area contributed by atoms with Crippen molar-refractivity contribution < 1.29 is 9.18 Å². The molecule has 2 heterocycles. The highest BCUT2D eigenvalue weighted by molar-refractivity contribution is 5.92. The molecule has 1 saturated carbocycles. The largest absolute Gasteiger partial charge is 0.328 e. The minimum atomic E-state index is -0.346. The Bertz CT molecular complexity index is 1050. The van der Waals surface area contributed by atoms with Crippen LogP contribution >= 0.6 is 0 Å². The first-order chi connectivity index (χ1) is 13.9. The van der Waals surface area contributed by atoms with Crippen molar-refractivity contribution in [2.24, 2.45) is 5.92 Å². The molecule has 1 fully saturated rings. The van der Waals surface area contributed by atoms with Crippen molar-refractivity contribution in [2.45, 2.75) is 58.9 Å². The molecule has 2 aromatic heterocycles. The minimum Gasteiger partial charge on any atom is -0.328 e. The fourth-order valence-electron chi connectivity index (χ4n) is 4.15. The van der Waals surface area contributed by atoms with E-state index in [9.17, 15) is 9.18 Å². The summed E-state index contributed by atoms with van der Waals surface area (Å²) in [6.45, 7) is 6.03.